The smallest absolute Gasteiger partial charge is 0.269 e. The van der Waals surface area contributed by atoms with E-state index >= 15 is 0 Å². The molecule has 3 rings (SSSR count). The van der Waals surface area contributed by atoms with Crippen LogP contribution in [0.5, 0.6) is 0 Å². The van der Waals surface area contributed by atoms with E-state index in [1.807, 2.05) is 24.3 Å². The lowest BCUT2D eigenvalue weighted by Crippen LogP contribution is -2.44. The normalized spacial score (nSPS) is 20.6. The van der Waals surface area contributed by atoms with Crippen molar-refractivity contribution in [3.8, 4) is 0 Å². The Morgan fingerprint density at radius 3 is 2.31 bits per heavy atom. The molecule has 0 aliphatic carbocycles. The summed E-state index contributed by atoms with van der Waals surface area (Å²) in [5.74, 6) is -0.559. The van der Waals surface area contributed by atoms with Gasteiger partial charge in [-0.3, -0.25) is 20.5 Å². The maximum absolute atomic E-state index is 12.9. The number of hydrogen-bond acceptors (Lipinski definition) is 4. The molecule has 6 heteroatoms. The fraction of sp³-hybridized carbons (Fsp3) is 0.350. The van der Waals surface area contributed by atoms with Gasteiger partial charge < -0.3 is 4.74 Å². The predicted octanol–water partition coefficient (Wildman–Crippen LogP) is 3.19. The van der Waals surface area contributed by atoms with Gasteiger partial charge in [-0.1, -0.05) is 12.1 Å². The Hall–Kier alpha value is -2.44. The molecular weight excluding hydrogens is 333 g/mol. The van der Waals surface area contributed by atoms with Crippen LogP contribution in [0.2, 0.25) is 0 Å². The highest BCUT2D eigenvalue weighted by molar-refractivity contribution is 5.94. The molecule has 0 spiro atoms. The molecule has 138 valence electrons. The SMILES string of the molecule is C[C@@H]1CN(Cc2ccc(C(=O)NNc3ccc(F)cc3)cc2)C[C@H](C)O1. The van der Waals surface area contributed by atoms with E-state index in [-0.39, 0.29) is 23.9 Å². The molecule has 0 bridgehead atoms. The first kappa shape index (κ1) is 18.4. The van der Waals surface area contributed by atoms with Gasteiger partial charge in [0.2, 0.25) is 0 Å². The van der Waals surface area contributed by atoms with Gasteiger partial charge in [-0.2, -0.15) is 0 Å². The van der Waals surface area contributed by atoms with E-state index in [1.165, 1.54) is 12.1 Å². The largest absolute Gasteiger partial charge is 0.373 e. The van der Waals surface area contributed by atoms with Gasteiger partial charge in [-0.05, 0) is 55.8 Å². The third-order valence-electron chi connectivity index (χ3n) is 4.28. The summed E-state index contributed by atoms with van der Waals surface area (Å²) >= 11 is 0. The zero-order valence-corrected chi connectivity index (χ0v) is 15.0. The Bertz CT molecular complexity index is 724. The number of halogens is 1. The van der Waals surface area contributed by atoms with Crippen LogP contribution in [0, 0.1) is 5.82 Å². The van der Waals surface area contributed by atoms with Crippen molar-refractivity contribution in [2.75, 3.05) is 18.5 Å². The monoisotopic (exact) mass is 357 g/mol. The maximum atomic E-state index is 12.9. The summed E-state index contributed by atoms with van der Waals surface area (Å²) in [6, 6.07) is 13.3. The number of carbonyl (C=O) groups excluding carboxylic acids is 1. The van der Waals surface area contributed by atoms with Crippen molar-refractivity contribution in [2.24, 2.45) is 0 Å². The molecule has 1 amide bonds. The lowest BCUT2D eigenvalue weighted by atomic mass is 10.1. The lowest BCUT2D eigenvalue weighted by molar-refractivity contribution is -0.0704. The van der Waals surface area contributed by atoms with Crippen molar-refractivity contribution in [3.63, 3.8) is 0 Å². The number of rotatable bonds is 5. The third-order valence-corrected chi connectivity index (χ3v) is 4.28. The molecule has 1 aliphatic rings. The van der Waals surface area contributed by atoms with Gasteiger partial charge in [-0.15, -0.1) is 0 Å². The quantitative estimate of drug-likeness (QED) is 0.807. The number of nitrogens with zero attached hydrogens (tertiary/aromatic N) is 1. The second-order valence-electron chi connectivity index (χ2n) is 6.73. The van der Waals surface area contributed by atoms with E-state index in [9.17, 15) is 9.18 Å². The van der Waals surface area contributed by atoms with Gasteiger partial charge in [-0.25, -0.2) is 4.39 Å². The molecule has 26 heavy (non-hydrogen) atoms. The standard InChI is InChI=1S/C20H24FN3O2/c1-14-11-24(12-15(2)26-14)13-16-3-5-17(6-4-16)20(25)23-22-19-9-7-18(21)8-10-19/h3-10,14-15,22H,11-13H2,1-2H3,(H,23,25)/t14-,15+. The number of hydrogen-bond donors (Lipinski definition) is 2. The summed E-state index contributed by atoms with van der Waals surface area (Å²) in [5.41, 5.74) is 7.72. The molecule has 0 saturated carbocycles. The van der Waals surface area contributed by atoms with Crippen LogP contribution in [0.1, 0.15) is 29.8 Å². The third kappa shape index (κ3) is 5.03. The average Bonchev–Trinajstić information content (AvgIpc) is 2.61. The number of benzene rings is 2. The van der Waals surface area contributed by atoms with Gasteiger partial charge in [0, 0.05) is 25.2 Å². The Kier molecular flexibility index (Phi) is 5.85. The molecule has 2 atom stereocenters. The molecule has 1 heterocycles. The number of morpholine rings is 1. The van der Waals surface area contributed by atoms with Crippen molar-refractivity contribution < 1.29 is 13.9 Å². The summed E-state index contributed by atoms with van der Waals surface area (Å²) in [6.45, 7) is 6.84. The summed E-state index contributed by atoms with van der Waals surface area (Å²) in [6.07, 6.45) is 0.475. The minimum Gasteiger partial charge on any atom is -0.373 e. The van der Waals surface area contributed by atoms with E-state index in [0.29, 0.717) is 11.3 Å². The summed E-state index contributed by atoms with van der Waals surface area (Å²) in [4.78, 5) is 14.6. The molecule has 2 N–H and O–H groups in total. The van der Waals surface area contributed by atoms with E-state index in [0.717, 1.165) is 25.2 Å². The number of ether oxygens (including phenoxy) is 1. The van der Waals surface area contributed by atoms with Crippen LogP contribution in [0.3, 0.4) is 0 Å². The number of amides is 1. The highest BCUT2D eigenvalue weighted by atomic mass is 19.1. The van der Waals surface area contributed by atoms with Gasteiger partial charge in [0.15, 0.2) is 0 Å². The van der Waals surface area contributed by atoms with Crippen molar-refractivity contribution in [1.82, 2.24) is 10.3 Å². The molecule has 0 radical (unpaired) electrons. The van der Waals surface area contributed by atoms with Crippen molar-refractivity contribution in [1.29, 1.82) is 0 Å². The number of anilines is 1. The Labute approximate surface area is 153 Å². The average molecular weight is 357 g/mol. The topological polar surface area (TPSA) is 53.6 Å². The molecule has 1 fully saturated rings. The van der Waals surface area contributed by atoms with Gasteiger partial charge >= 0.3 is 0 Å². The fourth-order valence-electron chi connectivity index (χ4n) is 3.17. The van der Waals surface area contributed by atoms with E-state index < -0.39 is 0 Å². The number of nitrogens with one attached hydrogen (secondary N) is 2. The fourth-order valence-corrected chi connectivity index (χ4v) is 3.17. The van der Waals surface area contributed by atoms with Gasteiger partial charge in [0.25, 0.3) is 5.91 Å². The van der Waals surface area contributed by atoms with Crippen LogP contribution < -0.4 is 10.9 Å². The van der Waals surface area contributed by atoms with Crippen molar-refractivity contribution >= 4 is 11.6 Å². The van der Waals surface area contributed by atoms with Crippen LogP contribution in [-0.4, -0.2) is 36.1 Å². The van der Waals surface area contributed by atoms with Gasteiger partial charge in [0.05, 0.1) is 17.9 Å². The molecule has 1 aliphatic heterocycles. The molecule has 1 saturated heterocycles. The second kappa shape index (κ2) is 8.29. The highest BCUT2D eigenvalue weighted by Crippen LogP contribution is 2.15. The summed E-state index contributed by atoms with van der Waals surface area (Å²) < 4.78 is 18.6. The number of hydrazine groups is 1. The molecule has 0 aromatic heterocycles. The molecule has 2 aromatic carbocycles. The van der Waals surface area contributed by atoms with E-state index in [2.05, 4.69) is 29.6 Å². The summed E-state index contributed by atoms with van der Waals surface area (Å²) in [7, 11) is 0. The Balaban J connectivity index is 1.53. The van der Waals surface area contributed by atoms with E-state index in [1.54, 1.807) is 12.1 Å². The second-order valence-corrected chi connectivity index (χ2v) is 6.73. The highest BCUT2D eigenvalue weighted by Gasteiger charge is 2.22. The van der Waals surface area contributed by atoms with Crippen molar-refractivity contribution in [3.05, 3.63) is 65.5 Å². The first-order chi connectivity index (χ1) is 12.5. The van der Waals surface area contributed by atoms with Crippen LogP contribution >= 0.6 is 0 Å². The number of carbonyl (C=O) groups is 1. The zero-order chi connectivity index (χ0) is 18.5. The zero-order valence-electron chi connectivity index (χ0n) is 15.0. The predicted molar refractivity (Wildman–Crippen MR) is 99.2 cm³/mol. The van der Waals surface area contributed by atoms with Crippen LogP contribution in [-0.2, 0) is 11.3 Å². The van der Waals surface area contributed by atoms with Crippen LogP contribution in [0.4, 0.5) is 10.1 Å². The first-order valence-electron chi connectivity index (χ1n) is 8.78. The lowest BCUT2D eigenvalue weighted by Gasteiger charge is -2.35. The molecule has 5 nitrogen and oxygen atoms in total. The Morgan fingerprint density at radius 1 is 1.08 bits per heavy atom. The van der Waals surface area contributed by atoms with Crippen molar-refractivity contribution in [2.45, 2.75) is 32.6 Å². The first-order valence-corrected chi connectivity index (χ1v) is 8.78. The van der Waals surface area contributed by atoms with Gasteiger partial charge in [0.1, 0.15) is 5.82 Å². The molecule has 0 unspecified atom stereocenters. The Morgan fingerprint density at radius 2 is 1.69 bits per heavy atom. The summed E-state index contributed by atoms with van der Waals surface area (Å²) in [5, 5.41) is 0. The van der Waals surface area contributed by atoms with Crippen LogP contribution in [0.25, 0.3) is 0 Å². The minimum atomic E-state index is -0.318. The minimum absolute atomic E-state index is 0.237. The maximum Gasteiger partial charge on any atom is 0.269 e. The molecular formula is C20H24FN3O2. The van der Waals surface area contributed by atoms with Crippen LogP contribution in [0.15, 0.2) is 48.5 Å². The van der Waals surface area contributed by atoms with E-state index in [4.69, 9.17) is 4.74 Å². The molecule has 2 aromatic rings.